The number of rotatable bonds is 8. The second-order valence-corrected chi connectivity index (χ2v) is 7.01. The van der Waals surface area contributed by atoms with Crippen LogP contribution in [-0.2, 0) is 4.79 Å². The van der Waals surface area contributed by atoms with Crippen LogP contribution in [0.2, 0.25) is 5.02 Å². The third-order valence-corrected chi connectivity index (χ3v) is 4.74. The molecule has 0 saturated carbocycles. The van der Waals surface area contributed by atoms with E-state index < -0.39 is 0 Å². The lowest BCUT2D eigenvalue weighted by Gasteiger charge is -2.16. The number of thioether (sulfide) groups is 1. The van der Waals surface area contributed by atoms with E-state index in [4.69, 9.17) is 20.8 Å². The number of nitrogens with zero attached hydrogens (tertiary/aromatic N) is 3. The van der Waals surface area contributed by atoms with Crippen molar-refractivity contribution in [2.45, 2.75) is 5.22 Å². The highest BCUT2D eigenvalue weighted by atomic mass is 35.5. The average Bonchev–Trinajstić information content (AvgIpc) is 3.16. The van der Waals surface area contributed by atoms with Gasteiger partial charge in [0.15, 0.2) is 0 Å². The van der Waals surface area contributed by atoms with Crippen molar-refractivity contribution in [2.24, 2.45) is 0 Å². The van der Waals surface area contributed by atoms with Crippen LogP contribution >= 0.6 is 23.4 Å². The quantitative estimate of drug-likeness (QED) is 0.529. The van der Waals surface area contributed by atoms with Crippen molar-refractivity contribution in [2.75, 3.05) is 26.0 Å². The van der Waals surface area contributed by atoms with Crippen LogP contribution in [0.1, 0.15) is 0 Å². The van der Waals surface area contributed by atoms with Gasteiger partial charge in [0.2, 0.25) is 11.8 Å². The van der Waals surface area contributed by atoms with Crippen LogP contribution in [0.25, 0.3) is 11.5 Å². The van der Waals surface area contributed by atoms with Gasteiger partial charge >= 0.3 is 0 Å². The van der Waals surface area contributed by atoms with E-state index in [0.717, 1.165) is 11.3 Å². The van der Waals surface area contributed by atoms with E-state index in [2.05, 4.69) is 10.2 Å². The summed E-state index contributed by atoms with van der Waals surface area (Å²) in [5.74, 6) is 1.35. The molecule has 0 saturated heterocycles. The molecule has 0 radical (unpaired) electrons. The maximum Gasteiger partial charge on any atom is 0.277 e. The second kappa shape index (κ2) is 9.43. The van der Waals surface area contributed by atoms with E-state index in [1.165, 1.54) is 11.8 Å². The lowest BCUT2D eigenvalue weighted by atomic mass is 10.2. The van der Waals surface area contributed by atoms with Gasteiger partial charge in [-0.1, -0.05) is 41.6 Å². The molecule has 0 atom stereocenters. The number of carbonyl (C=O) groups is 1. The lowest BCUT2D eigenvalue weighted by Crippen LogP contribution is -2.32. The third kappa shape index (κ3) is 5.74. The molecule has 3 rings (SSSR count). The number of aromatic nitrogens is 2. The fourth-order valence-corrected chi connectivity index (χ4v) is 2.98. The van der Waals surface area contributed by atoms with Gasteiger partial charge in [-0.25, -0.2) is 0 Å². The molecule has 140 valence electrons. The molecule has 1 heterocycles. The van der Waals surface area contributed by atoms with Crippen LogP contribution in [0.15, 0.2) is 64.2 Å². The molecule has 0 bridgehead atoms. The zero-order chi connectivity index (χ0) is 19.1. The Bertz CT molecular complexity index is 871. The van der Waals surface area contributed by atoms with Gasteiger partial charge in [0.1, 0.15) is 12.4 Å². The van der Waals surface area contributed by atoms with Crippen LogP contribution in [0, 0.1) is 0 Å². The van der Waals surface area contributed by atoms with Gasteiger partial charge in [0.25, 0.3) is 5.22 Å². The van der Waals surface area contributed by atoms with Gasteiger partial charge in [-0.15, -0.1) is 10.2 Å². The fourth-order valence-electron chi connectivity index (χ4n) is 2.15. The molecule has 0 fully saturated rings. The molecule has 0 spiro atoms. The number of para-hydroxylation sites is 1. The van der Waals surface area contributed by atoms with Crippen LogP contribution < -0.4 is 4.74 Å². The molecule has 8 heteroatoms. The lowest BCUT2D eigenvalue weighted by molar-refractivity contribution is -0.127. The minimum absolute atomic E-state index is 0.0390. The summed E-state index contributed by atoms with van der Waals surface area (Å²) in [6, 6.07) is 16.6. The summed E-state index contributed by atoms with van der Waals surface area (Å²) in [6.45, 7) is 0.923. The molecule has 0 N–H and O–H groups in total. The first-order valence-corrected chi connectivity index (χ1v) is 9.62. The van der Waals surface area contributed by atoms with Gasteiger partial charge in [0.05, 0.1) is 12.3 Å². The van der Waals surface area contributed by atoms with E-state index in [1.54, 1.807) is 36.2 Å². The highest BCUT2D eigenvalue weighted by Crippen LogP contribution is 2.24. The molecule has 27 heavy (non-hydrogen) atoms. The van der Waals surface area contributed by atoms with Crippen LogP contribution in [-0.4, -0.2) is 47.0 Å². The van der Waals surface area contributed by atoms with Gasteiger partial charge in [-0.05, 0) is 36.4 Å². The molecule has 1 aromatic heterocycles. The highest BCUT2D eigenvalue weighted by Gasteiger charge is 2.14. The first kappa shape index (κ1) is 19.3. The number of amides is 1. The zero-order valence-corrected chi connectivity index (χ0v) is 16.2. The summed E-state index contributed by atoms with van der Waals surface area (Å²) in [5.41, 5.74) is 0.778. The number of carbonyl (C=O) groups excluding carboxylic acids is 1. The SMILES string of the molecule is CN(CCOc1ccccc1)C(=O)CSc1nnc(-c2ccc(Cl)cc2)o1. The minimum Gasteiger partial charge on any atom is -0.492 e. The third-order valence-electron chi connectivity index (χ3n) is 3.68. The molecule has 1 amide bonds. The number of halogens is 1. The topological polar surface area (TPSA) is 68.5 Å². The monoisotopic (exact) mass is 403 g/mol. The molecule has 0 aliphatic heterocycles. The van der Waals surface area contributed by atoms with Gasteiger partial charge in [0, 0.05) is 17.6 Å². The molecule has 0 aliphatic rings. The molecule has 0 aliphatic carbocycles. The van der Waals surface area contributed by atoms with Crippen LogP contribution in [0.4, 0.5) is 0 Å². The predicted octanol–water partition coefficient (Wildman–Crippen LogP) is 4.02. The molecular weight excluding hydrogens is 386 g/mol. The normalized spacial score (nSPS) is 10.6. The number of hydrogen-bond donors (Lipinski definition) is 0. The van der Waals surface area contributed by atoms with E-state index >= 15 is 0 Å². The fraction of sp³-hybridized carbons (Fsp3) is 0.211. The number of hydrogen-bond acceptors (Lipinski definition) is 6. The molecule has 0 unspecified atom stereocenters. The minimum atomic E-state index is -0.0390. The molecule has 2 aromatic carbocycles. The first-order chi connectivity index (χ1) is 13.1. The Kier molecular flexibility index (Phi) is 6.73. The summed E-state index contributed by atoms with van der Waals surface area (Å²) in [7, 11) is 1.74. The Hall–Kier alpha value is -2.51. The Labute approximate surface area is 166 Å². The van der Waals surface area contributed by atoms with Gasteiger partial charge in [-0.3, -0.25) is 4.79 Å². The number of likely N-dealkylation sites (N-methyl/N-ethyl adjacent to an activating group) is 1. The smallest absolute Gasteiger partial charge is 0.277 e. The number of benzene rings is 2. The standard InChI is InChI=1S/C19H18ClN3O3S/c1-23(11-12-25-16-5-3-2-4-6-16)17(24)13-27-19-22-21-18(26-19)14-7-9-15(20)10-8-14/h2-10H,11-13H2,1H3. The Morgan fingerprint density at radius 2 is 1.89 bits per heavy atom. The van der Waals surface area contributed by atoms with E-state index in [0.29, 0.717) is 29.3 Å². The molecular formula is C19H18ClN3O3S. The van der Waals surface area contributed by atoms with Crippen LogP contribution in [0.3, 0.4) is 0 Å². The van der Waals surface area contributed by atoms with Crippen molar-refractivity contribution in [3.63, 3.8) is 0 Å². The first-order valence-electron chi connectivity index (χ1n) is 8.26. The van der Waals surface area contributed by atoms with Crippen molar-refractivity contribution >= 4 is 29.3 Å². The summed E-state index contributed by atoms with van der Waals surface area (Å²) in [5, 5.41) is 8.95. The summed E-state index contributed by atoms with van der Waals surface area (Å²) >= 11 is 7.07. The summed E-state index contributed by atoms with van der Waals surface area (Å²) in [4.78, 5) is 13.8. The van der Waals surface area contributed by atoms with E-state index in [9.17, 15) is 4.79 Å². The zero-order valence-electron chi connectivity index (χ0n) is 14.7. The van der Waals surface area contributed by atoms with E-state index in [1.807, 2.05) is 30.3 Å². The average molecular weight is 404 g/mol. The number of ether oxygens (including phenoxy) is 1. The molecule has 6 nitrogen and oxygen atoms in total. The highest BCUT2D eigenvalue weighted by molar-refractivity contribution is 7.99. The van der Waals surface area contributed by atoms with Gasteiger partial charge in [-0.2, -0.15) is 0 Å². The van der Waals surface area contributed by atoms with E-state index in [-0.39, 0.29) is 11.7 Å². The summed E-state index contributed by atoms with van der Waals surface area (Å²) in [6.07, 6.45) is 0. The Balaban J connectivity index is 1.44. The van der Waals surface area contributed by atoms with Crippen molar-refractivity contribution in [3.05, 3.63) is 59.6 Å². The maximum atomic E-state index is 12.2. The predicted molar refractivity (Wildman–Crippen MR) is 105 cm³/mol. The van der Waals surface area contributed by atoms with Crippen molar-refractivity contribution in [3.8, 4) is 17.2 Å². The Morgan fingerprint density at radius 1 is 1.15 bits per heavy atom. The van der Waals surface area contributed by atoms with Crippen molar-refractivity contribution < 1.29 is 13.9 Å². The second-order valence-electron chi connectivity index (χ2n) is 5.65. The van der Waals surface area contributed by atoms with Gasteiger partial charge < -0.3 is 14.1 Å². The maximum absolute atomic E-state index is 12.2. The van der Waals surface area contributed by atoms with Crippen molar-refractivity contribution in [1.29, 1.82) is 0 Å². The summed E-state index contributed by atoms with van der Waals surface area (Å²) < 4.78 is 11.2. The Morgan fingerprint density at radius 3 is 2.63 bits per heavy atom. The van der Waals surface area contributed by atoms with Crippen molar-refractivity contribution in [1.82, 2.24) is 15.1 Å². The largest absolute Gasteiger partial charge is 0.492 e. The van der Waals surface area contributed by atoms with Crippen LogP contribution in [0.5, 0.6) is 5.75 Å². The molecule has 3 aromatic rings.